The van der Waals surface area contributed by atoms with Crippen molar-refractivity contribution in [2.24, 2.45) is 0 Å². The third kappa shape index (κ3) is 5.02. The molecule has 0 aromatic heterocycles. The van der Waals surface area contributed by atoms with Crippen LogP contribution in [0.1, 0.15) is 33.6 Å². The Morgan fingerprint density at radius 3 is 2.40 bits per heavy atom. The number of carbonyl (C=O) groups is 1. The van der Waals surface area contributed by atoms with Crippen molar-refractivity contribution >= 4 is 26.6 Å². The summed E-state index contributed by atoms with van der Waals surface area (Å²) in [5, 5.41) is 0. The van der Waals surface area contributed by atoms with Gasteiger partial charge in [0.2, 0.25) is 0 Å². The lowest BCUT2D eigenvalue weighted by molar-refractivity contribution is 0.0536. The second-order valence-corrected chi connectivity index (χ2v) is 3.73. The van der Waals surface area contributed by atoms with Gasteiger partial charge in [-0.05, 0) is 20.3 Å². The Kier molecular flexibility index (Phi) is 4.24. The monoisotopic (exact) mass is 256 g/mol. The van der Waals surface area contributed by atoms with Crippen LogP contribution in [0, 0.1) is 0 Å². The van der Waals surface area contributed by atoms with Crippen molar-refractivity contribution in [2.45, 2.75) is 39.2 Å². The third-order valence-corrected chi connectivity index (χ3v) is 1.43. The van der Waals surface area contributed by atoms with Crippen molar-refractivity contribution in [2.75, 3.05) is 0 Å². The van der Waals surface area contributed by atoms with Crippen LogP contribution in [0.15, 0.2) is 0 Å². The molecule has 0 bridgehead atoms. The fourth-order valence-corrected chi connectivity index (χ4v) is 1.47. The lowest BCUT2D eigenvalue weighted by Gasteiger charge is -2.22. The number of hydrogen-bond acceptors (Lipinski definition) is 2. The highest BCUT2D eigenvalue weighted by molar-refractivity contribution is 14.1. The van der Waals surface area contributed by atoms with Crippen LogP contribution in [0.25, 0.3) is 0 Å². The van der Waals surface area contributed by atoms with Gasteiger partial charge in [0.25, 0.3) is 0 Å². The van der Waals surface area contributed by atoms with Gasteiger partial charge in [0.15, 0.2) is 0 Å². The van der Waals surface area contributed by atoms with Crippen LogP contribution < -0.4 is 0 Å². The highest BCUT2D eigenvalue weighted by Gasteiger charge is 2.19. The maximum Gasteiger partial charge on any atom is 0.367 e. The highest BCUT2D eigenvalue weighted by Crippen LogP contribution is 2.18. The smallest absolute Gasteiger partial charge is 0.367 e. The number of ether oxygens (including phenoxy) is 1. The van der Waals surface area contributed by atoms with Gasteiger partial charge < -0.3 is 4.74 Å². The van der Waals surface area contributed by atoms with Gasteiger partial charge in [0.05, 0.1) is 22.6 Å². The van der Waals surface area contributed by atoms with Gasteiger partial charge in [0, 0.05) is 0 Å². The summed E-state index contributed by atoms with van der Waals surface area (Å²) in [4.78, 5) is 10.5. The Morgan fingerprint density at radius 2 is 2.10 bits per heavy atom. The van der Waals surface area contributed by atoms with Crippen LogP contribution >= 0.6 is 22.6 Å². The van der Waals surface area contributed by atoms with E-state index in [1.165, 1.54) is 0 Å². The Balaban J connectivity index is 3.74. The average Bonchev–Trinajstić information content (AvgIpc) is 1.59. The predicted octanol–water partition coefficient (Wildman–Crippen LogP) is 3.14. The molecule has 0 fully saturated rings. The van der Waals surface area contributed by atoms with Crippen LogP contribution in [0.2, 0.25) is 0 Å². The molecule has 0 saturated heterocycles. The summed E-state index contributed by atoms with van der Waals surface area (Å²) in [6.07, 6.45) is 1.96. The summed E-state index contributed by atoms with van der Waals surface area (Å²) in [5.41, 5.74) is -0.285. The fraction of sp³-hybridized carbons (Fsp3) is 0.857. The van der Waals surface area contributed by atoms with E-state index in [2.05, 4.69) is 6.92 Å². The van der Waals surface area contributed by atoms with E-state index in [0.717, 1.165) is 12.8 Å². The van der Waals surface area contributed by atoms with Gasteiger partial charge in [-0.1, -0.05) is 13.3 Å². The molecule has 0 atom stereocenters. The second kappa shape index (κ2) is 4.16. The fourth-order valence-electron chi connectivity index (χ4n) is 0.870. The zero-order chi connectivity index (χ0) is 8.20. The average molecular weight is 256 g/mol. The quantitative estimate of drug-likeness (QED) is 0.572. The summed E-state index contributed by atoms with van der Waals surface area (Å²) < 4.78 is 4.80. The van der Waals surface area contributed by atoms with E-state index in [9.17, 15) is 4.79 Å². The summed E-state index contributed by atoms with van der Waals surface area (Å²) in [6.45, 7) is 5.92. The van der Waals surface area contributed by atoms with E-state index in [4.69, 9.17) is 4.74 Å². The van der Waals surface area contributed by atoms with E-state index in [0.29, 0.717) is 0 Å². The lowest BCUT2D eigenvalue weighted by Crippen LogP contribution is -2.24. The molecule has 0 saturated carbocycles. The first-order valence-electron chi connectivity index (χ1n) is 3.36. The molecule has 0 N–H and O–H groups in total. The number of hydrogen-bond donors (Lipinski definition) is 0. The maximum absolute atomic E-state index is 10.5. The van der Waals surface area contributed by atoms with Crippen molar-refractivity contribution in [3.63, 3.8) is 0 Å². The lowest BCUT2D eigenvalue weighted by atomic mass is 10.0. The molecule has 0 rings (SSSR count). The maximum atomic E-state index is 10.5. The molecule has 0 amide bonds. The van der Waals surface area contributed by atoms with Crippen molar-refractivity contribution in [3.8, 4) is 0 Å². The van der Waals surface area contributed by atoms with Gasteiger partial charge in [0.1, 0.15) is 5.60 Å². The highest BCUT2D eigenvalue weighted by atomic mass is 127. The first-order chi connectivity index (χ1) is 4.48. The molecule has 0 aromatic rings. The van der Waals surface area contributed by atoms with Crippen LogP contribution in [-0.2, 0) is 4.74 Å². The number of halogens is 1. The molecule has 60 valence electrons. The van der Waals surface area contributed by atoms with E-state index >= 15 is 0 Å². The SMILES string of the molecule is CCCC(C)(C)OC(=O)I. The van der Waals surface area contributed by atoms with Crippen molar-refractivity contribution in [1.29, 1.82) is 0 Å². The Bertz CT molecular complexity index is 121. The van der Waals surface area contributed by atoms with Crippen LogP contribution in [-0.4, -0.2) is 9.58 Å². The normalized spacial score (nSPS) is 11.2. The molecule has 0 aliphatic rings. The zero-order valence-corrected chi connectivity index (χ0v) is 8.77. The summed E-state index contributed by atoms with van der Waals surface area (Å²) in [7, 11) is 0. The summed E-state index contributed by atoms with van der Waals surface area (Å²) in [6, 6.07) is 0. The van der Waals surface area contributed by atoms with Crippen LogP contribution in [0.5, 0.6) is 0 Å². The first kappa shape index (κ1) is 10.2. The van der Waals surface area contributed by atoms with Gasteiger partial charge in [-0.2, -0.15) is 0 Å². The largest absolute Gasteiger partial charge is 0.452 e. The third-order valence-electron chi connectivity index (χ3n) is 1.21. The zero-order valence-electron chi connectivity index (χ0n) is 6.61. The van der Waals surface area contributed by atoms with Crippen LogP contribution in [0.3, 0.4) is 0 Å². The van der Waals surface area contributed by atoms with Crippen molar-refractivity contribution in [3.05, 3.63) is 0 Å². The van der Waals surface area contributed by atoms with Crippen LogP contribution in [0.4, 0.5) is 4.79 Å². The molecule has 10 heavy (non-hydrogen) atoms. The number of carbonyl (C=O) groups excluding carboxylic acids is 1. The van der Waals surface area contributed by atoms with Gasteiger partial charge in [-0.3, -0.25) is 0 Å². The molecule has 0 aliphatic carbocycles. The summed E-state index contributed by atoms with van der Waals surface area (Å²) in [5.74, 6) is 0. The Labute approximate surface area is 75.5 Å². The summed E-state index contributed by atoms with van der Waals surface area (Å²) >= 11 is 1.65. The molecule has 0 spiro atoms. The molecule has 0 radical (unpaired) electrons. The van der Waals surface area contributed by atoms with E-state index in [1.54, 1.807) is 22.6 Å². The Morgan fingerprint density at radius 1 is 1.60 bits per heavy atom. The Hall–Kier alpha value is 0.200. The minimum Gasteiger partial charge on any atom is -0.452 e. The minimum atomic E-state index is -0.285. The van der Waals surface area contributed by atoms with E-state index < -0.39 is 0 Å². The van der Waals surface area contributed by atoms with Gasteiger partial charge >= 0.3 is 3.98 Å². The second-order valence-electron chi connectivity index (χ2n) is 2.85. The molecule has 0 aromatic carbocycles. The molecule has 0 unspecified atom stereocenters. The first-order valence-corrected chi connectivity index (χ1v) is 4.44. The topological polar surface area (TPSA) is 26.3 Å². The van der Waals surface area contributed by atoms with Crippen molar-refractivity contribution < 1.29 is 9.53 Å². The van der Waals surface area contributed by atoms with Gasteiger partial charge in [-0.15, -0.1) is 0 Å². The minimum absolute atomic E-state index is 0.226. The standard InChI is InChI=1S/C7H13IO2/c1-4-5-7(2,3)10-6(8)9/h4-5H2,1-3H3. The van der Waals surface area contributed by atoms with Gasteiger partial charge in [-0.25, -0.2) is 4.79 Å². The molecule has 0 aliphatic heterocycles. The molecular weight excluding hydrogens is 243 g/mol. The molecular formula is C7H13IO2. The van der Waals surface area contributed by atoms with E-state index in [-0.39, 0.29) is 9.58 Å². The molecule has 2 nitrogen and oxygen atoms in total. The molecule has 0 heterocycles. The predicted molar refractivity (Wildman–Crippen MR) is 49.5 cm³/mol. The molecule has 3 heteroatoms. The van der Waals surface area contributed by atoms with E-state index in [1.807, 2.05) is 13.8 Å². The van der Waals surface area contributed by atoms with Crippen molar-refractivity contribution in [1.82, 2.24) is 0 Å². The number of rotatable bonds is 3.